The summed E-state index contributed by atoms with van der Waals surface area (Å²) in [5.74, 6) is -3.90. The van der Waals surface area contributed by atoms with Crippen LogP contribution in [0.1, 0.15) is 43.4 Å². The summed E-state index contributed by atoms with van der Waals surface area (Å²) in [6, 6.07) is 3.12. The van der Waals surface area contributed by atoms with Crippen LogP contribution < -0.4 is 5.32 Å². The molecule has 2 rings (SSSR count). The van der Waals surface area contributed by atoms with Gasteiger partial charge >= 0.3 is 12.1 Å². The molecule has 10 heteroatoms. The molecule has 1 heterocycles. The second-order valence-electron chi connectivity index (χ2n) is 6.33. The number of amides is 1. The van der Waals surface area contributed by atoms with Crippen LogP contribution in [0.25, 0.3) is 11.4 Å². The summed E-state index contributed by atoms with van der Waals surface area (Å²) in [5, 5.41) is 5.68. The minimum Gasteiger partial charge on any atom is -0.347 e. The van der Waals surface area contributed by atoms with Gasteiger partial charge in [-0.1, -0.05) is 11.2 Å². The fourth-order valence-electron chi connectivity index (χ4n) is 2.34. The van der Waals surface area contributed by atoms with E-state index in [0.717, 1.165) is 12.1 Å². The minimum atomic E-state index is -4.81. The number of halogens is 4. The van der Waals surface area contributed by atoms with Crippen LogP contribution in [0, 0.1) is 5.82 Å². The van der Waals surface area contributed by atoms with Crippen LogP contribution in [-0.2, 0) is 11.0 Å². The average Bonchev–Trinajstić information content (AvgIpc) is 2.94. The van der Waals surface area contributed by atoms with Crippen molar-refractivity contribution in [2.24, 2.45) is 0 Å². The Morgan fingerprint density at radius 2 is 1.88 bits per heavy atom. The Morgan fingerprint density at radius 1 is 1.23 bits per heavy atom. The summed E-state index contributed by atoms with van der Waals surface area (Å²) in [6.45, 7) is 4.58. The van der Waals surface area contributed by atoms with Gasteiger partial charge in [0.2, 0.25) is 5.82 Å². The van der Waals surface area contributed by atoms with E-state index in [-0.39, 0.29) is 23.3 Å². The Hall–Kier alpha value is -2.78. The average molecular weight is 373 g/mol. The predicted octanol–water partition coefficient (Wildman–Crippen LogP) is 3.38. The zero-order valence-corrected chi connectivity index (χ0v) is 14.1. The largest absolute Gasteiger partial charge is 0.471 e. The molecule has 1 aromatic heterocycles. The summed E-state index contributed by atoms with van der Waals surface area (Å²) >= 11 is 0. The molecule has 0 aliphatic carbocycles. The van der Waals surface area contributed by atoms with E-state index < -0.39 is 35.2 Å². The molecule has 0 aliphatic heterocycles. The molecule has 0 saturated heterocycles. The maximum Gasteiger partial charge on any atom is 0.471 e. The number of benzene rings is 1. The van der Waals surface area contributed by atoms with Gasteiger partial charge < -0.3 is 9.84 Å². The van der Waals surface area contributed by atoms with Gasteiger partial charge in [0, 0.05) is 17.5 Å². The normalized spacial score (nSPS) is 12.1. The second-order valence-corrected chi connectivity index (χ2v) is 6.33. The third-order valence-electron chi connectivity index (χ3n) is 3.28. The minimum absolute atomic E-state index is 0.0571. The number of Topliss-reactive ketones (excluding diaryl/α,β-unsaturated/α-hetero) is 1. The fourth-order valence-corrected chi connectivity index (χ4v) is 2.34. The molecule has 1 aromatic carbocycles. The first-order valence-corrected chi connectivity index (χ1v) is 7.42. The van der Waals surface area contributed by atoms with E-state index >= 15 is 0 Å². The van der Waals surface area contributed by atoms with Crippen LogP contribution in [0.3, 0.4) is 0 Å². The van der Waals surface area contributed by atoms with Crippen LogP contribution in [0.4, 0.5) is 17.6 Å². The van der Waals surface area contributed by atoms with Crippen LogP contribution in [0.2, 0.25) is 0 Å². The number of nitrogens with zero attached hydrogens (tertiary/aromatic N) is 2. The summed E-state index contributed by atoms with van der Waals surface area (Å²) < 4.78 is 55.7. The highest BCUT2D eigenvalue weighted by Crippen LogP contribution is 2.29. The lowest BCUT2D eigenvalue weighted by Gasteiger charge is -2.25. The Balaban J connectivity index is 2.23. The van der Waals surface area contributed by atoms with Crippen molar-refractivity contribution in [2.75, 3.05) is 0 Å². The lowest BCUT2D eigenvalue weighted by atomic mass is 9.97. The van der Waals surface area contributed by atoms with Gasteiger partial charge in [-0.3, -0.25) is 9.59 Å². The van der Waals surface area contributed by atoms with Crippen molar-refractivity contribution < 1.29 is 31.7 Å². The molecule has 0 unspecified atom stereocenters. The highest BCUT2D eigenvalue weighted by molar-refractivity contribution is 5.95. The highest BCUT2D eigenvalue weighted by atomic mass is 19.4. The Morgan fingerprint density at radius 3 is 2.38 bits per heavy atom. The zero-order valence-electron chi connectivity index (χ0n) is 14.1. The number of rotatable bonds is 5. The Bertz CT molecular complexity index is 844. The molecule has 0 spiro atoms. The summed E-state index contributed by atoms with van der Waals surface area (Å²) in [7, 11) is 0. The van der Waals surface area contributed by atoms with Crippen molar-refractivity contribution in [3.05, 3.63) is 35.5 Å². The third-order valence-corrected chi connectivity index (χ3v) is 3.28. The summed E-state index contributed by atoms with van der Waals surface area (Å²) in [4.78, 5) is 26.5. The fraction of sp³-hybridized carbons (Fsp3) is 0.375. The van der Waals surface area contributed by atoms with Crippen LogP contribution in [0.5, 0.6) is 0 Å². The first-order valence-electron chi connectivity index (χ1n) is 7.42. The number of hydrogen-bond donors (Lipinski definition) is 1. The summed E-state index contributed by atoms with van der Waals surface area (Å²) in [6.07, 6.45) is -4.76. The third kappa shape index (κ3) is 4.64. The number of aromatic nitrogens is 2. The van der Waals surface area contributed by atoms with Crippen LogP contribution in [0.15, 0.2) is 22.7 Å². The molecule has 0 bridgehead atoms. The first kappa shape index (κ1) is 19.5. The van der Waals surface area contributed by atoms with Gasteiger partial charge in [0.1, 0.15) is 11.6 Å². The molecule has 0 atom stereocenters. The lowest BCUT2D eigenvalue weighted by Crippen LogP contribution is -2.44. The topological polar surface area (TPSA) is 85.1 Å². The van der Waals surface area contributed by atoms with E-state index in [1.54, 1.807) is 13.8 Å². The number of carbonyl (C=O) groups excluding carboxylic acids is 2. The van der Waals surface area contributed by atoms with Gasteiger partial charge in [-0.2, -0.15) is 18.2 Å². The van der Waals surface area contributed by atoms with E-state index in [9.17, 15) is 27.2 Å². The maximum absolute atomic E-state index is 14.2. The van der Waals surface area contributed by atoms with E-state index in [1.165, 1.54) is 13.0 Å². The van der Waals surface area contributed by atoms with Crippen molar-refractivity contribution in [2.45, 2.75) is 38.9 Å². The van der Waals surface area contributed by atoms with E-state index in [1.807, 2.05) is 0 Å². The van der Waals surface area contributed by atoms with Crippen molar-refractivity contribution >= 4 is 11.7 Å². The van der Waals surface area contributed by atoms with Crippen molar-refractivity contribution in [1.82, 2.24) is 15.5 Å². The number of hydrogen-bond acceptors (Lipinski definition) is 5. The molecular weight excluding hydrogens is 358 g/mol. The van der Waals surface area contributed by atoms with Gasteiger partial charge in [0.05, 0.1) is 5.56 Å². The zero-order chi connectivity index (χ0) is 19.7. The number of nitrogens with one attached hydrogen (secondary N) is 1. The van der Waals surface area contributed by atoms with Gasteiger partial charge in [-0.15, -0.1) is 0 Å². The van der Waals surface area contributed by atoms with Gasteiger partial charge in [-0.05, 0) is 32.9 Å². The SMILES string of the molecule is CC(=O)CC(C)(C)NC(=O)c1ccc(-c2noc(C(F)(F)F)n2)cc1F. The second kappa shape index (κ2) is 6.85. The van der Waals surface area contributed by atoms with E-state index in [0.29, 0.717) is 0 Å². The molecule has 26 heavy (non-hydrogen) atoms. The molecule has 1 amide bonds. The van der Waals surface area contributed by atoms with Crippen LogP contribution >= 0.6 is 0 Å². The van der Waals surface area contributed by atoms with Gasteiger partial charge in [0.15, 0.2) is 0 Å². The number of ketones is 1. The van der Waals surface area contributed by atoms with E-state index in [4.69, 9.17) is 0 Å². The monoisotopic (exact) mass is 373 g/mol. The van der Waals surface area contributed by atoms with Gasteiger partial charge in [-0.25, -0.2) is 4.39 Å². The van der Waals surface area contributed by atoms with Crippen molar-refractivity contribution in [1.29, 1.82) is 0 Å². The first-order chi connectivity index (χ1) is 11.9. The Kier molecular flexibility index (Phi) is 5.15. The van der Waals surface area contributed by atoms with Gasteiger partial charge in [0.25, 0.3) is 5.91 Å². The van der Waals surface area contributed by atoms with Crippen molar-refractivity contribution in [3.8, 4) is 11.4 Å². The van der Waals surface area contributed by atoms with Crippen molar-refractivity contribution in [3.63, 3.8) is 0 Å². The molecule has 0 saturated carbocycles. The lowest BCUT2D eigenvalue weighted by molar-refractivity contribution is -0.159. The van der Waals surface area contributed by atoms with Crippen LogP contribution in [-0.4, -0.2) is 27.4 Å². The molecule has 2 aromatic rings. The Labute approximate surface area is 145 Å². The maximum atomic E-state index is 14.2. The highest BCUT2D eigenvalue weighted by Gasteiger charge is 2.38. The number of alkyl halides is 3. The number of carbonyl (C=O) groups is 2. The quantitative estimate of drug-likeness (QED) is 0.812. The molecule has 0 aliphatic rings. The molecular formula is C16H15F4N3O3. The molecule has 0 fully saturated rings. The molecule has 6 nitrogen and oxygen atoms in total. The van der Waals surface area contributed by atoms with E-state index in [2.05, 4.69) is 20.0 Å². The summed E-state index contributed by atoms with van der Waals surface area (Å²) in [5.41, 5.74) is -1.30. The molecule has 1 N–H and O–H groups in total. The standard InChI is InChI=1S/C16H15F4N3O3/c1-8(24)7-15(2,3)22-13(25)10-5-4-9(6-11(10)17)12-21-14(26-23-12)16(18,19)20/h4-6H,7H2,1-3H3,(H,22,25). The smallest absolute Gasteiger partial charge is 0.347 e. The molecule has 0 radical (unpaired) electrons. The molecule has 140 valence electrons. The predicted molar refractivity (Wildman–Crippen MR) is 81.5 cm³/mol.